The van der Waals surface area contributed by atoms with E-state index in [0.29, 0.717) is 12.5 Å². The largest absolute Gasteiger partial charge is 0.379 e. The van der Waals surface area contributed by atoms with Crippen LogP contribution in [0.15, 0.2) is 12.7 Å². The van der Waals surface area contributed by atoms with Crippen molar-refractivity contribution in [2.45, 2.75) is 44.4 Å². The predicted octanol–water partition coefficient (Wildman–Crippen LogP) is 2.02. The lowest BCUT2D eigenvalue weighted by molar-refractivity contribution is 0.0186. The predicted molar refractivity (Wildman–Crippen MR) is 68.6 cm³/mol. The van der Waals surface area contributed by atoms with Gasteiger partial charge in [-0.25, -0.2) is 8.93 Å². The Bertz CT molecular complexity index is 285. The molecule has 1 aliphatic rings. The first kappa shape index (κ1) is 13.9. The zero-order valence-corrected chi connectivity index (χ0v) is 11.5. The maximum absolute atomic E-state index is 12.1. The fourth-order valence-corrected chi connectivity index (χ4v) is 2.65. The lowest BCUT2D eigenvalue weighted by Crippen LogP contribution is -2.57. The van der Waals surface area contributed by atoms with E-state index in [-0.39, 0.29) is 10.3 Å². The van der Waals surface area contributed by atoms with Gasteiger partial charge in [-0.15, -0.1) is 6.58 Å². The summed E-state index contributed by atoms with van der Waals surface area (Å²) in [6.45, 7) is 13.2. The van der Waals surface area contributed by atoms with Crippen molar-refractivity contribution in [2.24, 2.45) is 5.92 Å². The summed E-state index contributed by atoms with van der Waals surface area (Å²) < 4.78 is 20.6. The third kappa shape index (κ3) is 2.93. The van der Waals surface area contributed by atoms with Gasteiger partial charge in [-0.1, -0.05) is 13.0 Å². The van der Waals surface area contributed by atoms with Gasteiger partial charge in [0.25, 0.3) is 0 Å². The molecule has 1 saturated heterocycles. The van der Waals surface area contributed by atoms with Gasteiger partial charge in [0, 0.05) is 6.61 Å². The number of nitrogens with one attached hydrogen (secondary N) is 1. The highest BCUT2D eigenvalue weighted by atomic mass is 32.2. The molecule has 1 N–H and O–H groups in total. The molecule has 0 amide bonds. The molecule has 3 atom stereocenters. The van der Waals surface area contributed by atoms with Crippen LogP contribution in [-0.4, -0.2) is 27.7 Å². The van der Waals surface area contributed by atoms with Crippen LogP contribution >= 0.6 is 0 Å². The molecule has 0 bridgehead atoms. The molecular weight excluding hydrogens is 222 g/mol. The lowest BCUT2D eigenvalue weighted by atomic mass is 9.83. The van der Waals surface area contributed by atoms with E-state index < -0.39 is 11.0 Å². The van der Waals surface area contributed by atoms with Crippen molar-refractivity contribution in [3.05, 3.63) is 12.7 Å². The van der Waals surface area contributed by atoms with Crippen molar-refractivity contribution in [1.82, 2.24) is 4.72 Å². The Kier molecular flexibility index (Phi) is 4.32. The third-order valence-electron chi connectivity index (χ3n) is 3.12. The molecule has 0 unspecified atom stereocenters. The summed E-state index contributed by atoms with van der Waals surface area (Å²) in [5.74, 6) is 0.394. The van der Waals surface area contributed by atoms with E-state index in [0.717, 1.165) is 13.0 Å². The van der Waals surface area contributed by atoms with E-state index in [4.69, 9.17) is 4.74 Å². The van der Waals surface area contributed by atoms with Crippen molar-refractivity contribution in [3.8, 4) is 0 Å². The first-order valence-electron chi connectivity index (χ1n) is 5.73. The fourth-order valence-electron chi connectivity index (χ4n) is 1.66. The molecule has 1 heterocycles. The monoisotopic (exact) mass is 245 g/mol. The molecule has 4 heteroatoms. The van der Waals surface area contributed by atoms with E-state index in [9.17, 15) is 4.21 Å². The van der Waals surface area contributed by atoms with Gasteiger partial charge < -0.3 is 4.74 Å². The highest BCUT2D eigenvalue weighted by Gasteiger charge is 2.39. The molecule has 0 aromatic heterocycles. The van der Waals surface area contributed by atoms with Gasteiger partial charge in [0.05, 0.1) is 27.9 Å². The van der Waals surface area contributed by atoms with Crippen molar-refractivity contribution in [1.29, 1.82) is 0 Å². The molecule has 1 fully saturated rings. The molecule has 0 aromatic carbocycles. The van der Waals surface area contributed by atoms with E-state index in [1.807, 2.05) is 26.8 Å². The highest BCUT2D eigenvalue weighted by Crippen LogP contribution is 2.28. The first-order chi connectivity index (χ1) is 7.32. The summed E-state index contributed by atoms with van der Waals surface area (Å²) in [5, 5.41) is 0. The van der Waals surface area contributed by atoms with Crippen molar-refractivity contribution in [2.75, 3.05) is 13.2 Å². The van der Waals surface area contributed by atoms with Crippen molar-refractivity contribution < 1.29 is 8.95 Å². The Labute approximate surface area is 101 Å². The van der Waals surface area contributed by atoms with E-state index in [1.165, 1.54) is 0 Å². The molecule has 0 aromatic rings. The Hall–Kier alpha value is -0.190. The summed E-state index contributed by atoms with van der Waals surface area (Å²) in [5.41, 5.74) is -0.351. The molecule has 0 radical (unpaired) electrons. The van der Waals surface area contributed by atoms with Crippen LogP contribution in [0.25, 0.3) is 0 Å². The summed E-state index contributed by atoms with van der Waals surface area (Å²) in [7, 11) is -1.10. The van der Waals surface area contributed by atoms with Crippen LogP contribution in [0.5, 0.6) is 0 Å². The van der Waals surface area contributed by atoms with Gasteiger partial charge in [0.15, 0.2) is 0 Å². The van der Waals surface area contributed by atoms with Crippen LogP contribution in [0.1, 0.15) is 34.1 Å². The van der Waals surface area contributed by atoms with Crippen LogP contribution in [0.4, 0.5) is 0 Å². The Balaban J connectivity index is 2.81. The van der Waals surface area contributed by atoms with Gasteiger partial charge in [-0.2, -0.15) is 0 Å². The summed E-state index contributed by atoms with van der Waals surface area (Å²) in [6.07, 6.45) is 2.82. The lowest BCUT2D eigenvalue weighted by Gasteiger charge is -2.41. The molecule has 16 heavy (non-hydrogen) atoms. The third-order valence-corrected chi connectivity index (χ3v) is 4.80. The molecule has 0 spiro atoms. The van der Waals surface area contributed by atoms with Crippen molar-refractivity contribution in [3.63, 3.8) is 0 Å². The maximum atomic E-state index is 12.1. The maximum Gasteiger partial charge on any atom is 0.0979 e. The standard InChI is InChI=1S/C12H23NO2S/c1-6-12(9-15-8-7-10(12)2)13-16(14)11(3,4)5/h6,10,13H,1,7-9H2,2-5H3/t10-,12+,16+/m0/s1. The second-order valence-electron chi connectivity index (χ2n) is 5.47. The van der Waals surface area contributed by atoms with Crippen LogP contribution in [0.3, 0.4) is 0 Å². The van der Waals surface area contributed by atoms with Gasteiger partial charge in [-0.3, -0.25) is 0 Å². The first-order valence-corrected chi connectivity index (χ1v) is 6.88. The zero-order chi connectivity index (χ0) is 12.4. The van der Waals surface area contributed by atoms with E-state index in [1.54, 1.807) is 0 Å². The Morgan fingerprint density at radius 3 is 2.62 bits per heavy atom. The summed E-state index contributed by atoms with van der Waals surface area (Å²) in [6, 6.07) is 0. The van der Waals surface area contributed by atoms with Crippen molar-refractivity contribution >= 4 is 11.0 Å². The summed E-state index contributed by atoms with van der Waals surface area (Å²) in [4.78, 5) is 0. The van der Waals surface area contributed by atoms with Crippen LogP contribution < -0.4 is 4.72 Å². The minimum atomic E-state index is -1.10. The number of hydrogen-bond donors (Lipinski definition) is 1. The smallest absolute Gasteiger partial charge is 0.0979 e. The molecule has 3 nitrogen and oxygen atoms in total. The molecule has 0 aliphatic carbocycles. The SMILES string of the molecule is C=C[C@@]1(N[S@](=O)C(C)(C)C)COCC[C@@H]1C. The molecular formula is C12H23NO2S. The number of ether oxygens (including phenoxy) is 1. The zero-order valence-electron chi connectivity index (χ0n) is 10.7. The van der Waals surface area contributed by atoms with Crippen LogP contribution in [0.2, 0.25) is 0 Å². The minimum Gasteiger partial charge on any atom is -0.379 e. The Morgan fingerprint density at radius 1 is 1.56 bits per heavy atom. The minimum absolute atomic E-state index is 0.271. The van der Waals surface area contributed by atoms with Gasteiger partial charge >= 0.3 is 0 Å². The number of hydrogen-bond acceptors (Lipinski definition) is 2. The highest BCUT2D eigenvalue weighted by molar-refractivity contribution is 7.84. The van der Waals surface area contributed by atoms with Gasteiger partial charge in [0.2, 0.25) is 0 Å². The molecule has 0 saturated carbocycles. The molecule has 94 valence electrons. The van der Waals surface area contributed by atoms with Crippen LogP contribution in [-0.2, 0) is 15.7 Å². The summed E-state index contributed by atoms with van der Waals surface area (Å²) >= 11 is 0. The average Bonchev–Trinajstić information content (AvgIpc) is 2.20. The topological polar surface area (TPSA) is 38.3 Å². The van der Waals surface area contributed by atoms with Crippen LogP contribution in [0, 0.1) is 5.92 Å². The molecule has 1 rings (SSSR count). The normalized spacial score (nSPS) is 33.4. The second-order valence-corrected chi connectivity index (χ2v) is 7.44. The van der Waals surface area contributed by atoms with Gasteiger partial charge in [-0.05, 0) is 33.1 Å². The van der Waals surface area contributed by atoms with E-state index in [2.05, 4.69) is 18.2 Å². The fraction of sp³-hybridized carbons (Fsp3) is 0.833. The van der Waals surface area contributed by atoms with Gasteiger partial charge in [0.1, 0.15) is 0 Å². The number of rotatable bonds is 3. The average molecular weight is 245 g/mol. The Morgan fingerprint density at radius 2 is 2.19 bits per heavy atom. The van der Waals surface area contributed by atoms with E-state index >= 15 is 0 Å². The second kappa shape index (κ2) is 4.98. The molecule has 1 aliphatic heterocycles. The quantitative estimate of drug-likeness (QED) is 0.773.